The SMILES string of the molecule is COCCC(C)(O)CNC(=O)c1ccc(Cl)cc1Cl. The molecule has 0 aliphatic rings. The lowest BCUT2D eigenvalue weighted by molar-refractivity contribution is 0.0243. The Morgan fingerprint density at radius 3 is 2.74 bits per heavy atom. The molecule has 1 atom stereocenters. The molecule has 0 spiro atoms. The van der Waals surface area contributed by atoms with E-state index < -0.39 is 5.60 Å². The Balaban J connectivity index is 2.60. The lowest BCUT2D eigenvalue weighted by atomic mass is 10.0. The molecule has 6 heteroatoms. The van der Waals surface area contributed by atoms with Crippen molar-refractivity contribution in [1.82, 2.24) is 5.32 Å². The fourth-order valence-electron chi connectivity index (χ4n) is 1.45. The van der Waals surface area contributed by atoms with E-state index >= 15 is 0 Å². The predicted octanol–water partition coefficient (Wildman–Crippen LogP) is 2.51. The van der Waals surface area contributed by atoms with E-state index in [0.717, 1.165) is 0 Å². The Labute approximate surface area is 122 Å². The molecule has 2 N–H and O–H groups in total. The zero-order chi connectivity index (χ0) is 14.5. The number of carbonyl (C=O) groups is 1. The van der Waals surface area contributed by atoms with Gasteiger partial charge in [-0.1, -0.05) is 23.2 Å². The van der Waals surface area contributed by atoms with E-state index in [1.54, 1.807) is 26.2 Å². The highest BCUT2D eigenvalue weighted by Crippen LogP contribution is 2.21. The number of halogens is 2. The van der Waals surface area contributed by atoms with E-state index in [4.69, 9.17) is 27.9 Å². The van der Waals surface area contributed by atoms with Crippen LogP contribution in [0.4, 0.5) is 0 Å². The van der Waals surface area contributed by atoms with Crippen molar-refractivity contribution < 1.29 is 14.6 Å². The van der Waals surface area contributed by atoms with Gasteiger partial charge in [-0.15, -0.1) is 0 Å². The van der Waals surface area contributed by atoms with Crippen molar-refractivity contribution in [2.45, 2.75) is 18.9 Å². The number of ether oxygens (including phenoxy) is 1. The molecule has 0 radical (unpaired) electrons. The van der Waals surface area contributed by atoms with Gasteiger partial charge in [0.25, 0.3) is 5.91 Å². The molecular formula is C13H17Cl2NO3. The first kappa shape index (κ1) is 16.2. The van der Waals surface area contributed by atoms with Crippen molar-refractivity contribution in [1.29, 1.82) is 0 Å². The second-order valence-electron chi connectivity index (χ2n) is 4.55. The average molecular weight is 306 g/mol. The first-order chi connectivity index (χ1) is 8.85. The van der Waals surface area contributed by atoms with Gasteiger partial charge >= 0.3 is 0 Å². The highest BCUT2D eigenvalue weighted by atomic mass is 35.5. The average Bonchev–Trinajstić information content (AvgIpc) is 2.34. The van der Waals surface area contributed by atoms with Crippen molar-refractivity contribution in [3.63, 3.8) is 0 Å². The molecule has 0 saturated carbocycles. The molecule has 1 aromatic carbocycles. The third-order valence-corrected chi connectivity index (χ3v) is 3.20. The molecule has 106 valence electrons. The maximum atomic E-state index is 11.9. The Morgan fingerprint density at radius 1 is 1.47 bits per heavy atom. The largest absolute Gasteiger partial charge is 0.388 e. The number of benzene rings is 1. The summed E-state index contributed by atoms with van der Waals surface area (Å²) >= 11 is 11.7. The molecule has 0 fully saturated rings. The zero-order valence-electron chi connectivity index (χ0n) is 10.9. The van der Waals surface area contributed by atoms with Crippen LogP contribution >= 0.6 is 23.2 Å². The fourth-order valence-corrected chi connectivity index (χ4v) is 1.94. The normalized spacial score (nSPS) is 13.9. The van der Waals surface area contributed by atoms with Crippen molar-refractivity contribution in [3.05, 3.63) is 33.8 Å². The molecule has 0 bridgehead atoms. The van der Waals surface area contributed by atoms with Gasteiger partial charge in [-0.3, -0.25) is 4.79 Å². The summed E-state index contributed by atoms with van der Waals surface area (Å²) in [5.41, 5.74) is -0.696. The molecule has 1 unspecified atom stereocenters. The van der Waals surface area contributed by atoms with Crippen LogP contribution in [0, 0.1) is 0 Å². The smallest absolute Gasteiger partial charge is 0.252 e. The van der Waals surface area contributed by atoms with Gasteiger partial charge in [-0.05, 0) is 25.1 Å². The van der Waals surface area contributed by atoms with Crippen LogP contribution in [0.2, 0.25) is 10.0 Å². The standard InChI is InChI=1S/C13H17Cl2NO3/c1-13(18,5-6-19-2)8-16-12(17)10-4-3-9(14)7-11(10)15/h3-4,7,18H,5-6,8H2,1-2H3,(H,16,17). The van der Waals surface area contributed by atoms with Gasteiger partial charge in [0.15, 0.2) is 0 Å². The summed E-state index contributed by atoms with van der Waals surface area (Å²) in [5.74, 6) is -0.348. The van der Waals surface area contributed by atoms with E-state index in [1.807, 2.05) is 0 Å². The van der Waals surface area contributed by atoms with Gasteiger partial charge < -0.3 is 15.2 Å². The first-order valence-corrected chi connectivity index (χ1v) is 6.56. The van der Waals surface area contributed by atoms with Crippen molar-refractivity contribution in [2.24, 2.45) is 0 Å². The molecule has 1 amide bonds. The molecule has 19 heavy (non-hydrogen) atoms. The summed E-state index contributed by atoms with van der Waals surface area (Å²) < 4.78 is 4.89. The van der Waals surface area contributed by atoms with Gasteiger partial charge in [0.05, 0.1) is 16.2 Å². The van der Waals surface area contributed by atoms with E-state index in [2.05, 4.69) is 5.32 Å². The van der Waals surface area contributed by atoms with Crippen LogP contribution < -0.4 is 5.32 Å². The molecule has 0 aliphatic carbocycles. The predicted molar refractivity (Wildman–Crippen MR) is 75.9 cm³/mol. The van der Waals surface area contributed by atoms with Gasteiger partial charge in [0, 0.05) is 31.7 Å². The summed E-state index contributed by atoms with van der Waals surface area (Å²) in [6.45, 7) is 2.18. The molecule has 1 aromatic rings. The third-order valence-electron chi connectivity index (χ3n) is 2.65. The Kier molecular flexibility index (Phi) is 6.07. The number of hydrogen-bond acceptors (Lipinski definition) is 3. The molecule has 0 saturated heterocycles. The van der Waals surface area contributed by atoms with E-state index in [0.29, 0.717) is 23.6 Å². The third kappa shape index (κ3) is 5.37. The van der Waals surface area contributed by atoms with Crippen LogP contribution in [0.1, 0.15) is 23.7 Å². The lowest BCUT2D eigenvalue weighted by Gasteiger charge is -2.23. The Hall–Kier alpha value is -0.810. The van der Waals surface area contributed by atoms with Gasteiger partial charge in [0.2, 0.25) is 0 Å². The highest BCUT2D eigenvalue weighted by Gasteiger charge is 2.21. The topological polar surface area (TPSA) is 58.6 Å². The number of rotatable bonds is 6. The number of carbonyl (C=O) groups excluding carboxylic acids is 1. The minimum Gasteiger partial charge on any atom is -0.388 e. The zero-order valence-corrected chi connectivity index (χ0v) is 12.4. The molecule has 0 aliphatic heterocycles. The minimum absolute atomic E-state index is 0.119. The van der Waals surface area contributed by atoms with Crippen molar-refractivity contribution in [3.8, 4) is 0 Å². The minimum atomic E-state index is -1.02. The van der Waals surface area contributed by atoms with E-state index in [1.165, 1.54) is 6.07 Å². The summed E-state index contributed by atoms with van der Waals surface area (Å²) in [6, 6.07) is 4.64. The van der Waals surface area contributed by atoms with Gasteiger partial charge in [0.1, 0.15) is 0 Å². The van der Waals surface area contributed by atoms with E-state index in [-0.39, 0.29) is 17.5 Å². The number of aliphatic hydroxyl groups is 1. The maximum absolute atomic E-state index is 11.9. The number of methoxy groups -OCH3 is 1. The van der Waals surface area contributed by atoms with Crippen molar-refractivity contribution in [2.75, 3.05) is 20.3 Å². The van der Waals surface area contributed by atoms with Gasteiger partial charge in [-0.25, -0.2) is 0 Å². The summed E-state index contributed by atoms with van der Waals surface area (Å²) in [4.78, 5) is 11.9. The van der Waals surface area contributed by atoms with Crippen LogP contribution in [-0.2, 0) is 4.74 Å². The van der Waals surface area contributed by atoms with Crippen LogP contribution in [0.25, 0.3) is 0 Å². The second kappa shape index (κ2) is 7.10. The quantitative estimate of drug-likeness (QED) is 0.849. The van der Waals surface area contributed by atoms with E-state index in [9.17, 15) is 9.90 Å². The molecule has 4 nitrogen and oxygen atoms in total. The fraction of sp³-hybridized carbons (Fsp3) is 0.462. The summed E-state index contributed by atoms with van der Waals surface area (Å²) in [5, 5.41) is 13.4. The second-order valence-corrected chi connectivity index (χ2v) is 5.39. The maximum Gasteiger partial charge on any atom is 0.252 e. The van der Waals surface area contributed by atoms with Crippen LogP contribution in [-0.4, -0.2) is 36.9 Å². The molecule has 0 aromatic heterocycles. The molecule has 0 heterocycles. The molecule has 1 rings (SSSR count). The number of amides is 1. The number of hydrogen-bond donors (Lipinski definition) is 2. The summed E-state index contributed by atoms with van der Waals surface area (Å²) in [6.07, 6.45) is 0.429. The Bertz CT molecular complexity index is 450. The highest BCUT2D eigenvalue weighted by molar-refractivity contribution is 6.36. The first-order valence-electron chi connectivity index (χ1n) is 5.80. The molecular weight excluding hydrogens is 289 g/mol. The van der Waals surface area contributed by atoms with Crippen LogP contribution in [0.3, 0.4) is 0 Å². The lowest BCUT2D eigenvalue weighted by Crippen LogP contribution is -2.41. The van der Waals surface area contributed by atoms with Crippen LogP contribution in [0.15, 0.2) is 18.2 Å². The van der Waals surface area contributed by atoms with Crippen LogP contribution in [0.5, 0.6) is 0 Å². The number of nitrogens with one attached hydrogen (secondary N) is 1. The summed E-state index contributed by atoms with van der Waals surface area (Å²) in [7, 11) is 1.56. The monoisotopic (exact) mass is 305 g/mol. The van der Waals surface area contributed by atoms with Crippen molar-refractivity contribution >= 4 is 29.1 Å². The van der Waals surface area contributed by atoms with Gasteiger partial charge in [-0.2, -0.15) is 0 Å². The Morgan fingerprint density at radius 2 is 2.16 bits per heavy atom.